The Morgan fingerprint density at radius 2 is 2.10 bits per heavy atom. The van der Waals surface area contributed by atoms with Gasteiger partial charge in [0.2, 0.25) is 0 Å². The van der Waals surface area contributed by atoms with Gasteiger partial charge < -0.3 is 14.7 Å². The molecule has 0 saturated carbocycles. The van der Waals surface area contributed by atoms with Gasteiger partial charge in [0.05, 0.1) is 6.26 Å². The molecule has 1 aromatic carbocycles. The lowest BCUT2D eigenvalue weighted by molar-refractivity contribution is 0.0926. The van der Waals surface area contributed by atoms with Gasteiger partial charge in [0, 0.05) is 23.1 Å². The number of amides is 1. The van der Waals surface area contributed by atoms with E-state index in [-0.39, 0.29) is 5.91 Å². The normalized spacial score (nSPS) is 11.0. The van der Waals surface area contributed by atoms with Gasteiger partial charge in [-0.1, -0.05) is 18.2 Å². The van der Waals surface area contributed by atoms with Crippen molar-refractivity contribution in [3.05, 3.63) is 59.2 Å². The van der Waals surface area contributed by atoms with Crippen LogP contribution in [0.25, 0.3) is 10.9 Å². The minimum absolute atomic E-state index is 0.173. The summed E-state index contributed by atoms with van der Waals surface area (Å²) >= 11 is 0. The number of hydrogen-bond donors (Lipinski definition) is 2. The molecule has 2 heterocycles. The van der Waals surface area contributed by atoms with Gasteiger partial charge >= 0.3 is 0 Å². The zero-order chi connectivity index (χ0) is 14.8. The second-order valence-electron chi connectivity index (χ2n) is 5.21. The predicted molar refractivity (Wildman–Crippen MR) is 82.5 cm³/mol. The summed E-state index contributed by atoms with van der Waals surface area (Å²) in [5.74, 6) is 0.176. The Morgan fingerprint density at radius 3 is 2.86 bits per heavy atom. The van der Waals surface area contributed by atoms with Crippen LogP contribution in [-0.4, -0.2) is 17.4 Å². The second-order valence-corrected chi connectivity index (χ2v) is 5.21. The number of aromatic nitrogens is 1. The molecule has 0 aliphatic heterocycles. The first-order valence-corrected chi connectivity index (χ1v) is 7.05. The zero-order valence-corrected chi connectivity index (χ0v) is 12.2. The fourth-order valence-corrected chi connectivity index (χ4v) is 2.67. The monoisotopic (exact) mass is 282 g/mol. The van der Waals surface area contributed by atoms with Crippen molar-refractivity contribution in [1.82, 2.24) is 10.3 Å². The molecule has 0 aliphatic carbocycles. The molecule has 0 spiro atoms. The number of furan rings is 1. The van der Waals surface area contributed by atoms with Crippen molar-refractivity contribution < 1.29 is 9.21 Å². The molecule has 21 heavy (non-hydrogen) atoms. The van der Waals surface area contributed by atoms with Gasteiger partial charge in [0.25, 0.3) is 5.91 Å². The summed E-state index contributed by atoms with van der Waals surface area (Å²) in [6, 6.07) is 9.66. The molecule has 0 fully saturated rings. The molecule has 3 aromatic rings. The highest BCUT2D eigenvalue weighted by Crippen LogP contribution is 2.24. The van der Waals surface area contributed by atoms with E-state index in [4.69, 9.17) is 4.42 Å². The highest BCUT2D eigenvalue weighted by Gasteiger charge is 2.11. The number of rotatable bonds is 4. The Hall–Kier alpha value is -2.49. The van der Waals surface area contributed by atoms with Crippen LogP contribution in [0.5, 0.6) is 0 Å². The quantitative estimate of drug-likeness (QED) is 0.771. The predicted octanol–water partition coefficient (Wildman–Crippen LogP) is 3.35. The van der Waals surface area contributed by atoms with Gasteiger partial charge in [-0.2, -0.15) is 0 Å². The SMILES string of the molecule is Cc1[nH]c2c(C)cccc2c1CCNC(=O)c1ccco1. The van der Waals surface area contributed by atoms with E-state index >= 15 is 0 Å². The summed E-state index contributed by atoms with van der Waals surface area (Å²) < 4.78 is 5.07. The molecule has 3 rings (SSSR count). The number of nitrogens with one attached hydrogen (secondary N) is 2. The molecule has 4 nitrogen and oxygen atoms in total. The van der Waals surface area contributed by atoms with Gasteiger partial charge in [0.15, 0.2) is 5.76 Å². The Kier molecular flexibility index (Phi) is 3.52. The maximum atomic E-state index is 11.8. The molecule has 0 unspecified atom stereocenters. The van der Waals surface area contributed by atoms with Gasteiger partial charge in [-0.3, -0.25) is 4.79 Å². The number of hydrogen-bond acceptors (Lipinski definition) is 2. The zero-order valence-electron chi connectivity index (χ0n) is 12.2. The first-order chi connectivity index (χ1) is 10.2. The number of para-hydroxylation sites is 1. The Balaban J connectivity index is 1.72. The highest BCUT2D eigenvalue weighted by atomic mass is 16.3. The molecule has 0 aliphatic rings. The van der Waals surface area contributed by atoms with Crippen LogP contribution >= 0.6 is 0 Å². The second kappa shape index (κ2) is 5.48. The molecule has 4 heteroatoms. The fraction of sp³-hybridized carbons (Fsp3) is 0.235. The van der Waals surface area contributed by atoms with Crippen LogP contribution < -0.4 is 5.32 Å². The van der Waals surface area contributed by atoms with Crippen LogP contribution in [0.4, 0.5) is 0 Å². The average Bonchev–Trinajstić information content (AvgIpc) is 3.09. The van der Waals surface area contributed by atoms with E-state index < -0.39 is 0 Å². The number of carbonyl (C=O) groups excluding carboxylic acids is 1. The van der Waals surface area contributed by atoms with Crippen LogP contribution in [0.3, 0.4) is 0 Å². The number of H-pyrrole nitrogens is 1. The van der Waals surface area contributed by atoms with Crippen molar-refractivity contribution in [2.75, 3.05) is 6.54 Å². The summed E-state index contributed by atoms with van der Waals surface area (Å²) in [4.78, 5) is 15.3. The number of benzene rings is 1. The van der Waals surface area contributed by atoms with Crippen molar-refractivity contribution in [1.29, 1.82) is 0 Å². The van der Waals surface area contributed by atoms with E-state index in [2.05, 4.69) is 42.3 Å². The third kappa shape index (κ3) is 2.57. The summed E-state index contributed by atoms with van der Waals surface area (Å²) in [6.45, 7) is 4.76. The molecular formula is C17H18N2O2. The van der Waals surface area contributed by atoms with Crippen LogP contribution in [0.15, 0.2) is 41.0 Å². The number of aryl methyl sites for hydroxylation is 2. The smallest absolute Gasteiger partial charge is 0.286 e. The molecular weight excluding hydrogens is 264 g/mol. The third-order valence-corrected chi connectivity index (χ3v) is 3.77. The summed E-state index contributed by atoms with van der Waals surface area (Å²) in [5.41, 5.74) is 4.84. The van der Waals surface area contributed by atoms with E-state index in [1.165, 1.54) is 28.3 Å². The Labute approximate surface area is 123 Å². The standard InChI is InChI=1S/C17H18N2O2/c1-11-5-3-6-14-13(12(2)19-16(11)14)8-9-18-17(20)15-7-4-10-21-15/h3-7,10,19H,8-9H2,1-2H3,(H,18,20). The van der Waals surface area contributed by atoms with E-state index in [1.54, 1.807) is 12.1 Å². The van der Waals surface area contributed by atoms with Gasteiger partial charge in [-0.05, 0) is 43.5 Å². The molecule has 108 valence electrons. The van der Waals surface area contributed by atoms with Crippen molar-refractivity contribution in [3.8, 4) is 0 Å². The van der Waals surface area contributed by atoms with Crippen molar-refractivity contribution in [2.24, 2.45) is 0 Å². The van der Waals surface area contributed by atoms with Gasteiger partial charge in [0.1, 0.15) is 0 Å². The van der Waals surface area contributed by atoms with Gasteiger partial charge in [-0.25, -0.2) is 0 Å². The first kappa shape index (κ1) is 13.5. The first-order valence-electron chi connectivity index (χ1n) is 7.05. The lowest BCUT2D eigenvalue weighted by atomic mass is 10.1. The largest absolute Gasteiger partial charge is 0.459 e. The fourth-order valence-electron chi connectivity index (χ4n) is 2.67. The number of carbonyl (C=O) groups is 1. The number of aromatic amines is 1. The summed E-state index contributed by atoms with van der Waals surface area (Å²) in [6.07, 6.45) is 2.29. The average molecular weight is 282 g/mol. The maximum absolute atomic E-state index is 11.8. The molecule has 0 radical (unpaired) electrons. The molecule has 2 N–H and O–H groups in total. The van der Waals surface area contributed by atoms with Crippen LogP contribution in [0.1, 0.15) is 27.4 Å². The van der Waals surface area contributed by atoms with Crippen LogP contribution in [0.2, 0.25) is 0 Å². The lowest BCUT2D eigenvalue weighted by Gasteiger charge is -2.04. The van der Waals surface area contributed by atoms with E-state index in [9.17, 15) is 4.79 Å². The molecule has 0 bridgehead atoms. The third-order valence-electron chi connectivity index (χ3n) is 3.77. The summed E-state index contributed by atoms with van der Waals surface area (Å²) in [5, 5.41) is 4.12. The van der Waals surface area contributed by atoms with E-state index in [0.29, 0.717) is 12.3 Å². The molecule has 0 atom stereocenters. The van der Waals surface area contributed by atoms with Crippen molar-refractivity contribution >= 4 is 16.8 Å². The maximum Gasteiger partial charge on any atom is 0.286 e. The van der Waals surface area contributed by atoms with Crippen LogP contribution in [-0.2, 0) is 6.42 Å². The molecule has 2 aromatic heterocycles. The molecule has 1 amide bonds. The minimum atomic E-state index is -0.173. The Morgan fingerprint density at radius 1 is 1.24 bits per heavy atom. The lowest BCUT2D eigenvalue weighted by Crippen LogP contribution is -2.25. The number of fused-ring (bicyclic) bond motifs is 1. The van der Waals surface area contributed by atoms with E-state index in [0.717, 1.165) is 12.1 Å². The Bertz CT molecular complexity index is 770. The van der Waals surface area contributed by atoms with Gasteiger partial charge in [-0.15, -0.1) is 0 Å². The van der Waals surface area contributed by atoms with E-state index in [1.807, 2.05) is 0 Å². The minimum Gasteiger partial charge on any atom is -0.459 e. The van der Waals surface area contributed by atoms with Crippen molar-refractivity contribution in [2.45, 2.75) is 20.3 Å². The van der Waals surface area contributed by atoms with Crippen molar-refractivity contribution in [3.63, 3.8) is 0 Å². The topological polar surface area (TPSA) is 58.0 Å². The molecule has 0 saturated heterocycles. The summed E-state index contributed by atoms with van der Waals surface area (Å²) in [7, 11) is 0. The van der Waals surface area contributed by atoms with Crippen LogP contribution in [0, 0.1) is 13.8 Å². The highest BCUT2D eigenvalue weighted by molar-refractivity contribution is 5.91.